The summed E-state index contributed by atoms with van der Waals surface area (Å²) in [6.07, 6.45) is 3.80. The molecule has 0 amide bonds. The minimum atomic E-state index is 0.370. The fourth-order valence-corrected chi connectivity index (χ4v) is 3.90. The van der Waals surface area contributed by atoms with E-state index >= 15 is 0 Å². The number of thiazole rings is 1. The first-order valence-electron chi connectivity index (χ1n) is 8.17. The van der Waals surface area contributed by atoms with Crippen LogP contribution in [-0.2, 0) is 11.3 Å². The molecule has 1 fully saturated rings. The molecule has 21 heavy (non-hydrogen) atoms. The number of methoxy groups -OCH3 is 1. The monoisotopic (exact) mass is 311 g/mol. The predicted octanol–water partition coefficient (Wildman–Crippen LogP) is 3.38. The summed E-state index contributed by atoms with van der Waals surface area (Å²) in [6.45, 7) is 10.4. The molecule has 0 radical (unpaired) electrons. The van der Waals surface area contributed by atoms with Crippen LogP contribution in [-0.4, -0.2) is 37.8 Å². The largest absolute Gasteiger partial charge is 0.383 e. The van der Waals surface area contributed by atoms with Gasteiger partial charge in [0.05, 0.1) is 18.3 Å². The molecule has 1 aromatic heterocycles. The Hall–Kier alpha value is -0.650. The van der Waals surface area contributed by atoms with Gasteiger partial charge in [0.1, 0.15) is 0 Å². The van der Waals surface area contributed by atoms with Gasteiger partial charge < -0.3 is 15.0 Å². The fraction of sp³-hybridized carbons (Fsp3) is 0.812. The van der Waals surface area contributed by atoms with Gasteiger partial charge in [0.15, 0.2) is 5.13 Å². The maximum atomic E-state index is 5.31. The number of ether oxygens (including phenoxy) is 1. The SMILES string of the molecule is CCCNCc1sc(N(CC)C(C)COC)nc1C1CC1. The molecule has 2 rings (SSSR count). The molecule has 1 aliphatic rings. The number of likely N-dealkylation sites (N-methyl/N-ethyl adjacent to an activating group) is 1. The minimum Gasteiger partial charge on any atom is -0.383 e. The zero-order chi connectivity index (χ0) is 15.2. The van der Waals surface area contributed by atoms with Gasteiger partial charge in [-0.3, -0.25) is 0 Å². The number of aromatic nitrogens is 1. The summed E-state index contributed by atoms with van der Waals surface area (Å²) in [4.78, 5) is 8.77. The van der Waals surface area contributed by atoms with Crippen molar-refractivity contribution in [3.63, 3.8) is 0 Å². The summed E-state index contributed by atoms with van der Waals surface area (Å²) in [5.74, 6) is 0.713. The third-order valence-electron chi connectivity index (χ3n) is 3.92. The molecule has 1 saturated carbocycles. The molecule has 0 aromatic carbocycles. The molecule has 4 nitrogen and oxygen atoms in total. The van der Waals surface area contributed by atoms with Gasteiger partial charge in [0, 0.05) is 31.0 Å². The normalized spacial score (nSPS) is 16.2. The van der Waals surface area contributed by atoms with Crippen molar-refractivity contribution in [1.82, 2.24) is 10.3 Å². The Labute approximate surface area is 132 Å². The van der Waals surface area contributed by atoms with Crippen LogP contribution in [0.1, 0.15) is 56.5 Å². The lowest BCUT2D eigenvalue weighted by atomic mass is 10.2. The van der Waals surface area contributed by atoms with E-state index in [4.69, 9.17) is 9.72 Å². The summed E-state index contributed by atoms with van der Waals surface area (Å²) in [5, 5.41) is 4.69. The maximum absolute atomic E-state index is 5.31. The Bertz CT molecular complexity index is 431. The Morgan fingerprint density at radius 3 is 2.76 bits per heavy atom. The molecule has 0 saturated heterocycles. The number of nitrogens with one attached hydrogen (secondary N) is 1. The minimum absolute atomic E-state index is 0.370. The first-order valence-corrected chi connectivity index (χ1v) is 8.98. The molecule has 1 atom stereocenters. The van der Waals surface area contributed by atoms with Gasteiger partial charge in [-0.2, -0.15) is 0 Å². The molecular weight excluding hydrogens is 282 g/mol. The van der Waals surface area contributed by atoms with Crippen LogP contribution >= 0.6 is 11.3 Å². The highest BCUT2D eigenvalue weighted by Crippen LogP contribution is 2.44. The van der Waals surface area contributed by atoms with Gasteiger partial charge in [-0.15, -0.1) is 11.3 Å². The Kier molecular flexibility index (Phi) is 6.45. The third kappa shape index (κ3) is 4.41. The Morgan fingerprint density at radius 2 is 2.19 bits per heavy atom. The number of hydrogen-bond acceptors (Lipinski definition) is 5. The summed E-state index contributed by atoms with van der Waals surface area (Å²) in [5.41, 5.74) is 1.35. The lowest BCUT2D eigenvalue weighted by Crippen LogP contribution is -2.36. The summed E-state index contributed by atoms with van der Waals surface area (Å²) < 4.78 is 5.31. The van der Waals surface area contributed by atoms with E-state index in [1.165, 1.54) is 29.8 Å². The van der Waals surface area contributed by atoms with Gasteiger partial charge in [0.25, 0.3) is 0 Å². The van der Waals surface area contributed by atoms with Gasteiger partial charge in [-0.25, -0.2) is 4.98 Å². The van der Waals surface area contributed by atoms with E-state index in [1.54, 1.807) is 7.11 Å². The number of nitrogens with zero attached hydrogens (tertiary/aromatic N) is 2. The molecule has 0 aliphatic heterocycles. The molecule has 1 heterocycles. The number of hydrogen-bond donors (Lipinski definition) is 1. The van der Waals surface area contributed by atoms with Crippen LogP contribution in [0.5, 0.6) is 0 Å². The molecule has 1 aromatic rings. The maximum Gasteiger partial charge on any atom is 0.186 e. The predicted molar refractivity (Wildman–Crippen MR) is 90.4 cm³/mol. The van der Waals surface area contributed by atoms with E-state index in [9.17, 15) is 0 Å². The van der Waals surface area contributed by atoms with Crippen LogP contribution in [0, 0.1) is 0 Å². The molecule has 120 valence electrons. The van der Waals surface area contributed by atoms with E-state index < -0.39 is 0 Å². The summed E-state index contributed by atoms with van der Waals surface area (Å²) >= 11 is 1.86. The van der Waals surface area contributed by atoms with E-state index in [-0.39, 0.29) is 0 Å². The second-order valence-electron chi connectivity index (χ2n) is 5.85. The standard InChI is InChI=1S/C16H29N3OS/c1-5-9-17-10-14-15(13-7-8-13)18-16(21-14)19(6-2)12(3)11-20-4/h12-13,17H,5-11H2,1-4H3. The van der Waals surface area contributed by atoms with Crippen molar-refractivity contribution in [2.24, 2.45) is 0 Å². The first-order chi connectivity index (χ1) is 10.2. The lowest BCUT2D eigenvalue weighted by Gasteiger charge is -2.26. The van der Waals surface area contributed by atoms with Gasteiger partial charge in [-0.1, -0.05) is 6.92 Å². The Balaban J connectivity index is 2.12. The fourth-order valence-electron chi connectivity index (χ4n) is 2.62. The molecular formula is C16H29N3OS. The molecule has 0 spiro atoms. The number of anilines is 1. The van der Waals surface area contributed by atoms with Crippen molar-refractivity contribution >= 4 is 16.5 Å². The first kappa shape index (κ1) is 16.7. The van der Waals surface area contributed by atoms with E-state index in [0.717, 1.165) is 31.4 Å². The highest BCUT2D eigenvalue weighted by atomic mass is 32.1. The average Bonchev–Trinajstić information content (AvgIpc) is 3.23. The highest BCUT2D eigenvalue weighted by molar-refractivity contribution is 7.15. The zero-order valence-corrected chi connectivity index (χ0v) is 14.6. The second kappa shape index (κ2) is 8.11. The van der Waals surface area contributed by atoms with E-state index in [0.29, 0.717) is 12.0 Å². The Morgan fingerprint density at radius 1 is 1.43 bits per heavy atom. The van der Waals surface area contributed by atoms with Gasteiger partial charge in [0.2, 0.25) is 0 Å². The van der Waals surface area contributed by atoms with Crippen molar-refractivity contribution in [3.8, 4) is 0 Å². The number of rotatable bonds is 10. The smallest absolute Gasteiger partial charge is 0.186 e. The van der Waals surface area contributed by atoms with E-state index in [2.05, 4.69) is 31.0 Å². The lowest BCUT2D eigenvalue weighted by molar-refractivity contribution is 0.182. The highest BCUT2D eigenvalue weighted by Gasteiger charge is 2.30. The van der Waals surface area contributed by atoms with Crippen LogP contribution in [0.4, 0.5) is 5.13 Å². The molecule has 1 aliphatic carbocycles. The molecule has 1 N–H and O–H groups in total. The van der Waals surface area contributed by atoms with Gasteiger partial charge in [-0.05, 0) is 39.7 Å². The van der Waals surface area contributed by atoms with Crippen LogP contribution in [0.2, 0.25) is 0 Å². The van der Waals surface area contributed by atoms with E-state index in [1.807, 2.05) is 11.3 Å². The third-order valence-corrected chi connectivity index (χ3v) is 5.03. The van der Waals surface area contributed by atoms with Crippen molar-refractivity contribution in [3.05, 3.63) is 10.6 Å². The van der Waals surface area contributed by atoms with Crippen molar-refractivity contribution < 1.29 is 4.74 Å². The summed E-state index contributed by atoms with van der Waals surface area (Å²) in [6, 6.07) is 0.370. The topological polar surface area (TPSA) is 37.4 Å². The average molecular weight is 311 g/mol. The summed E-state index contributed by atoms with van der Waals surface area (Å²) in [7, 11) is 1.77. The van der Waals surface area contributed by atoms with Crippen LogP contribution in [0.3, 0.4) is 0 Å². The van der Waals surface area contributed by atoms with Crippen molar-refractivity contribution in [2.45, 2.75) is 58.5 Å². The van der Waals surface area contributed by atoms with Crippen molar-refractivity contribution in [1.29, 1.82) is 0 Å². The van der Waals surface area contributed by atoms with Crippen molar-refractivity contribution in [2.75, 3.05) is 31.7 Å². The zero-order valence-electron chi connectivity index (χ0n) is 13.8. The second-order valence-corrected chi connectivity index (χ2v) is 6.91. The van der Waals surface area contributed by atoms with Gasteiger partial charge >= 0.3 is 0 Å². The molecule has 0 bridgehead atoms. The van der Waals surface area contributed by atoms with Crippen LogP contribution in [0.25, 0.3) is 0 Å². The quantitative estimate of drug-likeness (QED) is 0.672. The molecule has 5 heteroatoms. The van der Waals surface area contributed by atoms with Crippen LogP contribution in [0.15, 0.2) is 0 Å². The molecule has 1 unspecified atom stereocenters. The van der Waals surface area contributed by atoms with Crippen LogP contribution < -0.4 is 10.2 Å².